The Labute approximate surface area is 759 Å². The molecule has 0 aliphatic carbocycles. The molecule has 0 bridgehead atoms. The van der Waals surface area contributed by atoms with Gasteiger partial charge in [-0.2, -0.15) is 9.97 Å². The van der Waals surface area contributed by atoms with Crippen molar-refractivity contribution in [2.24, 2.45) is 0 Å². The molecule has 0 saturated heterocycles. The summed E-state index contributed by atoms with van der Waals surface area (Å²) in [7, 11) is 0. The number of fused-ring (bicyclic) bond motifs is 21. The molecule has 0 aliphatic heterocycles. The van der Waals surface area contributed by atoms with Crippen molar-refractivity contribution in [3.8, 4) is 102 Å². The molecule has 133 heavy (non-hydrogen) atoms. The van der Waals surface area contributed by atoms with E-state index in [-0.39, 0.29) is 0 Å². The lowest BCUT2D eigenvalue weighted by atomic mass is 10.0. The van der Waals surface area contributed by atoms with E-state index in [1.807, 2.05) is 152 Å². The number of hydrogen-bond donors (Lipinski definition) is 0. The van der Waals surface area contributed by atoms with Crippen LogP contribution in [0.4, 0.5) is 0 Å². The van der Waals surface area contributed by atoms with E-state index >= 15 is 0 Å². The van der Waals surface area contributed by atoms with Crippen LogP contribution in [0.15, 0.2) is 456 Å². The van der Waals surface area contributed by atoms with Gasteiger partial charge in [-0.05, 0) is 156 Å². The zero-order valence-electron chi connectivity index (χ0n) is 71.3. The third-order valence-corrected chi connectivity index (χ3v) is 25.7. The van der Waals surface area contributed by atoms with Crippen LogP contribution < -0.4 is 0 Å². The average molecular weight is 1700 g/mol. The van der Waals surface area contributed by atoms with Gasteiger partial charge in [0.25, 0.3) is 0 Å². The zero-order valence-corrected chi connectivity index (χ0v) is 71.3. The first-order valence-electron chi connectivity index (χ1n) is 44.5. The second-order valence-corrected chi connectivity index (χ2v) is 33.4. The van der Waals surface area contributed by atoms with Crippen molar-refractivity contribution in [1.29, 1.82) is 0 Å². The molecule has 0 amide bonds. The highest BCUT2D eigenvalue weighted by molar-refractivity contribution is 6.17. The normalized spacial score (nSPS) is 11.8. The Morgan fingerprint density at radius 2 is 0.466 bits per heavy atom. The van der Waals surface area contributed by atoms with Crippen LogP contribution in [0, 0.1) is 0 Å². The number of pyridine rings is 1. The molecule has 0 N–H and O–H groups in total. The lowest BCUT2D eigenvalue weighted by Gasteiger charge is -2.12. The minimum absolute atomic E-state index is 0.586. The molecule has 0 spiro atoms. The van der Waals surface area contributed by atoms with Gasteiger partial charge in [-0.1, -0.05) is 303 Å². The van der Waals surface area contributed by atoms with Gasteiger partial charge in [-0.15, -0.1) is 0 Å². The van der Waals surface area contributed by atoms with Gasteiger partial charge < -0.3 is 22.4 Å². The van der Waals surface area contributed by atoms with Crippen molar-refractivity contribution < 1.29 is 13.3 Å². The number of para-hydroxylation sites is 8. The largest absolute Gasteiger partial charge is 0.456 e. The number of hydrogen-bond acceptors (Lipinski definition) is 10. The first kappa shape index (κ1) is 76.0. The number of nitrogens with zero attached hydrogens (tertiary/aromatic N) is 11. The number of rotatable bonds is 11. The highest BCUT2D eigenvalue weighted by Gasteiger charge is 2.25. The van der Waals surface area contributed by atoms with Gasteiger partial charge in [0.05, 0.1) is 44.1 Å². The SMILES string of the molecule is c1ccc(-c2nc(-c3ccccc3)nc(-c3cccc(-n4c5ccccc5c5cc(-c6ccc7oc8ccccc8c7c6)ccc54)c3)n2)cc1.c1ccc(-c2nc(-c3ccccc3)nc(-n3c4ccccc4c4cc(-c5ccc6oc7ccccc7c6c5)ccc43)n2)cc1.c1ccc2c(c1)c1ccccc1n2-c1ccc2oc3c(-n4c5ccccc5c5ccccc54)nccc3c2c1. The van der Waals surface area contributed by atoms with Crippen molar-refractivity contribution in [1.82, 2.24) is 53.2 Å². The maximum Gasteiger partial charge on any atom is 0.238 e. The molecule has 14 nitrogen and oxygen atoms in total. The Morgan fingerprint density at radius 3 is 0.910 bits per heavy atom. The Bertz CT molecular complexity index is 9280. The van der Waals surface area contributed by atoms with Crippen LogP contribution in [0.5, 0.6) is 0 Å². The monoisotopic (exact) mass is 1700 g/mol. The second-order valence-electron chi connectivity index (χ2n) is 33.4. The topological polar surface area (TPSA) is 149 Å². The molecule has 0 unspecified atom stereocenters. The van der Waals surface area contributed by atoms with Crippen LogP contribution in [-0.2, 0) is 0 Å². The zero-order chi connectivity index (χ0) is 87.6. The summed E-state index contributed by atoms with van der Waals surface area (Å²) in [6, 6.07) is 151. The van der Waals surface area contributed by atoms with Gasteiger partial charge in [-0.25, -0.2) is 24.9 Å². The molecule has 10 aromatic heterocycles. The van der Waals surface area contributed by atoms with Gasteiger partial charge in [0.2, 0.25) is 5.95 Å². The predicted molar refractivity (Wildman–Crippen MR) is 541 cm³/mol. The Morgan fingerprint density at radius 1 is 0.165 bits per heavy atom. The number of furan rings is 3. The van der Waals surface area contributed by atoms with E-state index in [2.05, 4.69) is 309 Å². The van der Waals surface area contributed by atoms with Crippen LogP contribution in [-0.4, -0.2) is 53.2 Å². The van der Waals surface area contributed by atoms with E-state index in [1.54, 1.807) is 0 Å². The van der Waals surface area contributed by atoms with Gasteiger partial charge in [0.15, 0.2) is 40.5 Å². The highest BCUT2D eigenvalue weighted by Crippen LogP contribution is 2.44. The van der Waals surface area contributed by atoms with Crippen molar-refractivity contribution in [2.45, 2.75) is 0 Å². The predicted octanol–water partition coefficient (Wildman–Crippen LogP) is 30.6. The number of aromatic nitrogens is 11. The lowest BCUT2D eigenvalue weighted by Crippen LogP contribution is -2.06. The van der Waals surface area contributed by atoms with Crippen molar-refractivity contribution in [2.75, 3.05) is 0 Å². The molecule has 622 valence electrons. The molecule has 0 atom stereocenters. The maximum absolute atomic E-state index is 6.56. The third kappa shape index (κ3) is 13.0. The summed E-state index contributed by atoms with van der Waals surface area (Å²) in [6.07, 6.45) is 1.89. The van der Waals surface area contributed by atoms with Gasteiger partial charge in [0.1, 0.15) is 27.9 Å². The van der Waals surface area contributed by atoms with E-state index in [1.165, 1.54) is 43.4 Å². The molecule has 10 heterocycles. The summed E-state index contributed by atoms with van der Waals surface area (Å²) in [5, 5.41) is 16.2. The van der Waals surface area contributed by atoms with E-state index in [9.17, 15) is 0 Å². The fraction of sp³-hybridized carbons (Fsp3) is 0. The molecule has 28 rings (SSSR count). The molecular weight excluding hydrogens is 1630 g/mol. The van der Waals surface area contributed by atoms with Crippen LogP contribution in [0.25, 0.3) is 255 Å². The molecule has 18 aromatic carbocycles. The summed E-state index contributed by atoms with van der Waals surface area (Å²) in [6.45, 7) is 0. The fourth-order valence-electron chi connectivity index (χ4n) is 19.6. The molecule has 0 saturated carbocycles. The molecule has 0 aliphatic rings. The first-order chi connectivity index (χ1) is 65.9. The van der Waals surface area contributed by atoms with Crippen LogP contribution >= 0.6 is 0 Å². The Balaban J connectivity index is 0.000000105. The first-order valence-corrected chi connectivity index (χ1v) is 44.5. The fourth-order valence-corrected chi connectivity index (χ4v) is 19.6. The van der Waals surface area contributed by atoms with Crippen molar-refractivity contribution >= 4 is 153 Å². The van der Waals surface area contributed by atoms with Crippen molar-refractivity contribution in [3.63, 3.8) is 0 Å². The summed E-state index contributed by atoms with van der Waals surface area (Å²) in [5.74, 6) is 4.58. The molecule has 0 fully saturated rings. The smallest absolute Gasteiger partial charge is 0.238 e. The van der Waals surface area contributed by atoms with E-state index in [0.29, 0.717) is 35.1 Å². The van der Waals surface area contributed by atoms with Gasteiger partial charge >= 0.3 is 0 Å². The number of benzene rings is 18. The van der Waals surface area contributed by atoms with E-state index < -0.39 is 0 Å². The van der Waals surface area contributed by atoms with E-state index in [4.69, 9.17) is 48.1 Å². The second kappa shape index (κ2) is 31.3. The maximum atomic E-state index is 6.56. The molecule has 0 radical (unpaired) electrons. The van der Waals surface area contributed by atoms with Gasteiger partial charge in [-0.3, -0.25) is 9.13 Å². The average Bonchev–Trinajstić information content (AvgIpc) is 1.77. The summed E-state index contributed by atoms with van der Waals surface area (Å²) < 4.78 is 27.8. The van der Waals surface area contributed by atoms with Gasteiger partial charge in [0, 0.05) is 121 Å². The third-order valence-electron chi connectivity index (χ3n) is 25.7. The minimum atomic E-state index is 0.586. The van der Waals surface area contributed by atoms with E-state index in [0.717, 1.165) is 177 Å². The summed E-state index contributed by atoms with van der Waals surface area (Å²) >= 11 is 0. The Kier molecular flexibility index (Phi) is 17.9. The molecule has 14 heteroatoms. The summed E-state index contributed by atoms with van der Waals surface area (Å²) in [5.41, 5.74) is 25.7. The molecular formula is C119H73N11O3. The van der Waals surface area contributed by atoms with Crippen LogP contribution in [0.2, 0.25) is 0 Å². The molecule has 28 aromatic rings. The highest BCUT2D eigenvalue weighted by atomic mass is 16.3. The van der Waals surface area contributed by atoms with Crippen LogP contribution in [0.1, 0.15) is 0 Å². The van der Waals surface area contributed by atoms with Crippen LogP contribution in [0.3, 0.4) is 0 Å². The van der Waals surface area contributed by atoms with Crippen molar-refractivity contribution in [3.05, 3.63) is 443 Å². The Hall–Kier alpha value is -18.3. The lowest BCUT2D eigenvalue weighted by molar-refractivity contribution is 0.663. The quantitative estimate of drug-likeness (QED) is 0.122. The standard InChI is InChI=1S/C45H28N4O.C39H24N4O.C35H21N3O/c1-3-12-29(13-4-1)43-46-44(30-14-5-2-6-15-30)48-45(47-43)33-16-11-17-34(26-33)49-39-20-9-7-18-35(39)37-27-31(22-24-40(37)49)32-23-25-42-38(28-32)36-19-8-10-21-41(36)50-42;1-3-11-25(12-4-1)37-40-38(26-13-5-2-6-14-26)42-39(41-37)43-33-17-9-7-15-29(33)31-23-27(19-21-34(31)43)28-20-22-36-32(24-28)30-16-8-10-18-35(30)44-36;1-5-13-29-23(9-1)24-10-2-6-14-30(24)37(29)22-17-18-33-28(21-22)27-19-20-36-35(34(27)39-33)38-31-15-7-3-11-25(31)26-12-4-8-16-32(26)38/h1-28H;1-24H;1-21H. The minimum Gasteiger partial charge on any atom is -0.456 e. The summed E-state index contributed by atoms with van der Waals surface area (Å²) in [4.78, 5) is 34.7.